The smallest absolute Gasteiger partial charge is 0.277 e. The van der Waals surface area contributed by atoms with Crippen LogP contribution < -0.4 is 19.6 Å². The summed E-state index contributed by atoms with van der Waals surface area (Å²) in [5, 5.41) is 6.01. The predicted octanol–water partition coefficient (Wildman–Crippen LogP) is 5.05. The molecule has 0 radical (unpaired) electrons. The fourth-order valence-corrected chi connectivity index (χ4v) is 3.46. The predicted molar refractivity (Wildman–Crippen MR) is 130 cm³/mol. The minimum absolute atomic E-state index is 0.150. The van der Waals surface area contributed by atoms with Crippen LogP contribution in [-0.4, -0.2) is 32.9 Å². The number of fused-ring (bicyclic) bond motifs is 1. The number of amides is 1. The van der Waals surface area contributed by atoms with Crippen LogP contribution in [-0.2, 0) is 4.79 Å². The average Bonchev–Trinajstić information content (AvgIpc) is 2.88. The van der Waals surface area contributed by atoms with E-state index in [2.05, 4.69) is 10.5 Å². The Morgan fingerprint density at radius 2 is 1.55 bits per heavy atom. The Balaban J connectivity index is 1.39. The molecule has 4 aromatic rings. The summed E-state index contributed by atoms with van der Waals surface area (Å²) in [5.74, 6) is 1.61. The number of rotatable bonds is 8. The van der Waals surface area contributed by atoms with E-state index in [4.69, 9.17) is 14.2 Å². The molecule has 4 rings (SSSR count). The Labute approximate surface area is 192 Å². The van der Waals surface area contributed by atoms with Crippen molar-refractivity contribution >= 4 is 22.9 Å². The molecule has 6 nitrogen and oxygen atoms in total. The van der Waals surface area contributed by atoms with Crippen molar-refractivity contribution in [2.75, 3.05) is 20.8 Å². The third-order valence-electron chi connectivity index (χ3n) is 5.16. The standard InChI is InChI=1S/C27H24N2O4/c1-31-23-14-10-21-11-15-26(32-2)25(24(21)16-23)17-28-29-27(30)18-33-22-12-8-20(9-13-22)19-6-4-3-5-7-19/h3-17H,18H2,1-2H3,(H,29,30)/b28-17+. The second-order valence-electron chi connectivity index (χ2n) is 7.24. The van der Waals surface area contributed by atoms with E-state index in [9.17, 15) is 4.79 Å². The van der Waals surface area contributed by atoms with E-state index in [1.807, 2.05) is 84.9 Å². The highest BCUT2D eigenvalue weighted by Crippen LogP contribution is 2.29. The molecule has 0 spiro atoms. The first-order valence-corrected chi connectivity index (χ1v) is 10.4. The molecule has 0 heterocycles. The zero-order valence-corrected chi connectivity index (χ0v) is 18.4. The van der Waals surface area contributed by atoms with Gasteiger partial charge in [0.15, 0.2) is 6.61 Å². The Kier molecular flexibility index (Phi) is 6.85. The van der Waals surface area contributed by atoms with Crippen LogP contribution in [0.1, 0.15) is 5.56 Å². The van der Waals surface area contributed by atoms with E-state index in [1.54, 1.807) is 20.4 Å². The monoisotopic (exact) mass is 440 g/mol. The number of hydrogen-bond acceptors (Lipinski definition) is 5. The lowest BCUT2D eigenvalue weighted by atomic mass is 10.0. The lowest BCUT2D eigenvalue weighted by Crippen LogP contribution is -2.24. The van der Waals surface area contributed by atoms with Crippen molar-refractivity contribution < 1.29 is 19.0 Å². The fourth-order valence-electron chi connectivity index (χ4n) is 3.46. The Morgan fingerprint density at radius 1 is 0.848 bits per heavy atom. The normalized spacial score (nSPS) is 10.8. The summed E-state index contributed by atoms with van der Waals surface area (Å²) in [5.41, 5.74) is 5.45. The Bertz CT molecular complexity index is 1260. The third-order valence-corrected chi connectivity index (χ3v) is 5.16. The molecule has 166 valence electrons. The topological polar surface area (TPSA) is 69.2 Å². The van der Waals surface area contributed by atoms with Crippen LogP contribution in [0.2, 0.25) is 0 Å². The van der Waals surface area contributed by atoms with E-state index in [0.29, 0.717) is 11.5 Å². The van der Waals surface area contributed by atoms with E-state index in [1.165, 1.54) is 0 Å². The molecule has 0 aromatic heterocycles. The molecule has 33 heavy (non-hydrogen) atoms. The molecule has 4 aromatic carbocycles. The maximum Gasteiger partial charge on any atom is 0.277 e. The lowest BCUT2D eigenvalue weighted by Gasteiger charge is -2.10. The fraction of sp³-hybridized carbons (Fsp3) is 0.111. The van der Waals surface area contributed by atoms with Crippen LogP contribution in [0.3, 0.4) is 0 Å². The van der Waals surface area contributed by atoms with E-state index >= 15 is 0 Å². The molecular formula is C27H24N2O4. The first-order chi connectivity index (χ1) is 16.2. The first kappa shape index (κ1) is 21.9. The van der Waals surface area contributed by atoms with Gasteiger partial charge in [-0.05, 0) is 52.2 Å². The van der Waals surface area contributed by atoms with Gasteiger partial charge >= 0.3 is 0 Å². The summed E-state index contributed by atoms with van der Waals surface area (Å²) < 4.78 is 16.4. The maximum atomic E-state index is 12.2. The number of ether oxygens (including phenoxy) is 3. The highest BCUT2D eigenvalue weighted by molar-refractivity contribution is 6.03. The van der Waals surface area contributed by atoms with Gasteiger partial charge in [0, 0.05) is 5.56 Å². The summed E-state index contributed by atoms with van der Waals surface area (Å²) in [6.45, 7) is -0.150. The zero-order valence-electron chi connectivity index (χ0n) is 18.4. The van der Waals surface area contributed by atoms with E-state index < -0.39 is 0 Å². The van der Waals surface area contributed by atoms with E-state index in [-0.39, 0.29) is 12.5 Å². The minimum Gasteiger partial charge on any atom is -0.497 e. The molecule has 0 unspecified atom stereocenters. The highest BCUT2D eigenvalue weighted by atomic mass is 16.5. The number of benzene rings is 4. The molecule has 0 aliphatic carbocycles. The number of methoxy groups -OCH3 is 2. The summed E-state index contributed by atoms with van der Waals surface area (Å²) in [7, 11) is 3.21. The summed E-state index contributed by atoms with van der Waals surface area (Å²) >= 11 is 0. The summed E-state index contributed by atoms with van der Waals surface area (Å²) in [6, 6.07) is 27.2. The van der Waals surface area contributed by atoms with Gasteiger partial charge in [0.1, 0.15) is 17.2 Å². The Hall–Kier alpha value is -4.32. The minimum atomic E-state index is -0.366. The molecule has 0 saturated carbocycles. The largest absolute Gasteiger partial charge is 0.497 e. The second-order valence-corrected chi connectivity index (χ2v) is 7.24. The molecule has 1 amide bonds. The average molecular weight is 440 g/mol. The number of nitrogens with zero attached hydrogens (tertiary/aromatic N) is 1. The molecule has 0 aliphatic rings. The van der Waals surface area contributed by atoms with Crippen molar-refractivity contribution in [2.24, 2.45) is 5.10 Å². The number of carbonyl (C=O) groups excluding carboxylic acids is 1. The van der Waals surface area contributed by atoms with Gasteiger partial charge in [-0.3, -0.25) is 4.79 Å². The van der Waals surface area contributed by atoms with Gasteiger partial charge in [0.05, 0.1) is 20.4 Å². The molecule has 0 aliphatic heterocycles. The van der Waals surface area contributed by atoms with Gasteiger partial charge in [0.25, 0.3) is 5.91 Å². The van der Waals surface area contributed by atoms with Gasteiger partial charge in [-0.1, -0.05) is 54.6 Å². The molecule has 0 saturated heterocycles. The van der Waals surface area contributed by atoms with Crippen molar-refractivity contribution in [2.45, 2.75) is 0 Å². The van der Waals surface area contributed by atoms with Crippen molar-refractivity contribution in [1.29, 1.82) is 0 Å². The van der Waals surface area contributed by atoms with Crippen LogP contribution >= 0.6 is 0 Å². The number of carbonyl (C=O) groups is 1. The van der Waals surface area contributed by atoms with E-state index in [0.717, 1.165) is 33.2 Å². The van der Waals surface area contributed by atoms with Gasteiger partial charge in [0.2, 0.25) is 0 Å². The maximum absolute atomic E-state index is 12.2. The molecule has 0 bridgehead atoms. The number of hydrazone groups is 1. The van der Waals surface area contributed by atoms with Crippen molar-refractivity contribution in [3.63, 3.8) is 0 Å². The quantitative estimate of drug-likeness (QED) is 0.307. The number of nitrogens with one attached hydrogen (secondary N) is 1. The molecule has 0 fully saturated rings. The molecule has 6 heteroatoms. The summed E-state index contributed by atoms with van der Waals surface area (Å²) in [6.07, 6.45) is 1.56. The lowest BCUT2D eigenvalue weighted by molar-refractivity contribution is -0.123. The second kappa shape index (κ2) is 10.3. The first-order valence-electron chi connectivity index (χ1n) is 10.4. The van der Waals surface area contributed by atoms with Gasteiger partial charge < -0.3 is 14.2 Å². The molecule has 1 N–H and O–H groups in total. The zero-order chi connectivity index (χ0) is 23.0. The van der Waals surface area contributed by atoms with Gasteiger partial charge in [-0.15, -0.1) is 0 Å². The third kappa shape index (κ3) is 5.30. The molecule has 0 atom stereocenters. The van der Waals surface area contributed by atoms with Crippen LogP contribution in [0, 0.1) is 0 Å². The van der Waals surface area contributed by atoms with Crippen molar-refractivity contribution in [3.8, 4) is 28.4 Å². The van der Waals surface area contributed by atoms with Crippen LogP contribution in [0.25, 0.3) is 21.9 Å². The number of hydrogen-bond donors (Lipinski definition) is 1. The van der Waals surface area contributed by atoms with Crippen LogP contribution in [0.4, 0.5) is 0 Å². The van der Waals surface area contributed by atoms with Crippen LogP contribution in [0.15, 0.2) is 90.0 Å². The SMILES string of the molecule is COc1ccc2ccc(OC)c(/C=N/NC(=O)COc3ccc(-c4ccccc4)cc3)c2c1. The highest BCUT2D eigenvalue weighted by Gasteiger charge is 2.08. The molecular weight excluding hydrogens is 416 g/mol. The van der Waals surface area contributed by atoms with Gasteiger partial charge in [-0.2, -0.15) is 5.10 Å². The van der Waals surface area contributed by atoms with Crippen molar-refractivity contribution in [3.05, 3.63) is 90.5 Å². The summed E-state index contributed by atoms with van der Waals surface area (Å²) in [4.78, 5) is 12.2. The van der Waals surface area contributed by atoms with Gasteiger partial charge in [-0.25, -0.2) is 5.43 Å². The van der Waals surface area contributed by atoms with Crippen LogP contribution in [0.5, 0.6) is 17.2 Å². The van der Waals surface area contributed by atoms with Crippen molar-refractivity contribution in [1.82, 2.24) is 5.43 Å². The Morgan fingerprint density at radius 3 is 2.27 bits per heavy atom.